The van der Waals surface area contributed by atoms with Gasteiger partial charge >= 0.3 is 12.0 Å². The van der Waals surface area contributed by atoms with Gasteiger partial charge in [-0.1, -0.05) is 24.3 Å². The molecule has 180 valence electrons. The van der Waals surface area contributed by atoms with Gasteiger partial charge in [0.2, 0.25) is 0 Å². The molecule has 1 fully saturated rings. The predicted octanol–water partition coefficient (Wildman–Crippen LogP) is 3.35. The topological polar surface area (TPSA) is 140 Å². The van der Waals surface area contributed by atoms with Crippen molar-refractivity contribution in [3.05, 3.63) is 71.5 Å². The number of benzene rings is 2. The van der Waals surface area contributed by atoms with Crippen LogP contribution >= 0.6 is 0 Å². The van der Waals surface area contributed by atoms with E-state index < -0.39 is 5.97 Å². The highest BCUT2D eigenvalue weighted by molar-refractivity contribution is 5.96. The molecule has 9 nitrogen and oxygen atoms in total. The molecule has 0 radical (unpaired) electrons. The van der Waals surface area contributed by atoms with Gasteiger partial charge in [-0.05, 0) is 59.5 Å². The fraction of sp³-hybridized carbons (Fsp3) is 0.269. The third-order valence-corrected chi connectivity index (χ3v) is 6.67. The van der Waals surface area contributed by atoms with E-state index in [1.807, 2.05) is 42.5 Å². The number of urea groups is 1. The second-order valence-corrected chi connectivity index (χ2v) is 8.85. The molecule has 1 unspecified atom stereocenters. The molecule has 3 heterocycles. The molecule has 0 bridgehead atoms. The Balaban J connectivity index is 1.57. The number of carboxylic acids is 1. The number of amides is 2. The van der Waals surface area contributed by atoms with Gasteiger partial charge in [-0.2, -0.15) is 0 Å². The first-order valence-electron chi connectivity index (χ1n) is 11.7. The van der Waals surface area contributed by atoms with Crippen molar-refractivity contribution >= 4 is 39.5 Å². The molecule has 1 saturated heterocycles. The third-order valence-electron chi connectivity index (χ3n) is 6.67. The van der Waals surface area contributed by atoms with Crippen LogP contribution in [0.1, 0.15) is 34.6 Å². The fourth-order valence-corrected chi connectivity index (χ4v) is 4.92. The van der Waals surface area contributed by atoms with E-state index in [0.29, 0.717) is 30.1 Å². The Bertz CT molecular complexity index is 1430. The number of likely N-dealkylation sites (tertiary alicyclic amines) is 1. The zero-order valence-corrected chi connectivity index (χ0v) is 19.3. The first-order valence-corrected chi connectivity index (χ1v) is 11.7. The van der Waals surface area contributed by atoms with Gasteiger partial charge in [0.05, 0.1) is 12.2 Å². The second-order valence-electron chi connectivity index (χ2n) is 8.85. The van der Waals surface area contributed by atoms with Gasteiger partial charge in [0.1, 0.15) is 11.3 Å². The molecule has 5 rings (SSSR count). The van der Waals surface area contributed by atoms with E-state index >= 15 is 0 Å². The maximum absolute atomic E-state index is 13.0. The number of nitrogens with one attached hydrogen (secondary N) is 1. The Hall–Kier alpha value is -3.95. The minimum atomic E-state index is -1.03. The van der Waals surface area contributed by atoms with Gasteiger partial charge in [0.25, 0.3) is 0 Å². The number of nitrogens with two attached hydrogens (primary N) is 2. The summed E-state index contributed by atoms with van der Waals surface area (Å²) in [7, 11) is 0. The van der Waals surface area contributed by atoms with Crippen molar-refractivity contribution in [3.8, 4) is 0 Å². The normalized spacial score (nSPS) is 15.7. The van der Waals surface area contributed by atoms with Crippen LogP contribution in [0.2, 0.25) is 0 Å². The lowest BCUT2D eigenvalue weighted by Gasteiger charge is -2.24. The summed E-state index contributed by atoms with van der Waals surface area (Å²) in [5.41, 5.74) is 14.5. The summed E-state index contributed by atoms with van der Waals surface area (Å²) in [6.07, 6.45) is 1.85. The highest BCUT2D eigenvalue weighted by Crippen LogP contribution is 2.28. The van der Waals surface area contributed by atoms with Crippen LogP contribution in [0.25, 0.3) is 21.8 Å². The minimum absolute atomic E-state index is 0.0436. The number of carboxylic acid groups (broad SMARTS) is 1. The summed E-state index contributed by atoms with van der Waals surface area (Å²) in [5.74, 6) is -1.03. The van der Waals surface area contributed by atoms with E-state index in [-0.39, 0.29) is 30.9 Å². The Kier molecular flexibility index (Phi) is 6.10. The summed E-state index contributed by atoms with van der Waals surface area (Å²) in [6, 6.07) is 16.8. The average Bonchev–Trinajstić information content (AvgIpc) is 3.48. The van der Waals surface area contributed by atoms with Crippen LogP contribution < -0.4 is 16.8 Å². The van der Waals surface area contributed by atoms with Crippen LogP contribution in [0.15, 0.2) is 54.6 Å². The molecule has 2 aromatic heterocycles. The smallest absolute Gasteiger partial charge is 0.352 e. The van der Waals surface area contributed by atoms with E-state index in [9.17, 15) is 14.7 Å². The number of aromatic carboxylic acids is 1. The third kappa shape index (κ3) is 4.31. The first kappa shape index (κ1) is 22.8. The van der Waals surface area contributed by atoms with Crippen LogP contribution in [0.4, 0.5) is 10.5 Å². The molecule has 1 aliphatic rings. The number of hydrogen-bond donors (Lipinski definition) is 4. The molecule has 35 heavy (non-hydrogen) atoms. The monoisotopic (exact) mass is 472 g/mol. The number of rotatable bonds is 6. The number of carbonyl (C=O) groups is 2. The molecule has 0 saturated carbocycles. The lowest BCUT2D eigenvalue weighted by Crippen LogP contribution is -2.42. The fourth-order valence-electron chi connectivity index (χ4n) is 4.92. The standard InChI is InChI=1S/C26H28N6O3/c27-13-19-8-7-17-12-23(25(33)34)32(24(17)29-19)15-18-11-20(10-16-4-1-2-6-22(16)18)30-26(35)31-9-3-5-21(31)14-28/h1-2,4,6-8,10-12,21H,3,5,9,13-15,27-28H2,(H,30,35)(H,33,34). The molecule has 6 N–H and O–H groups in total. The van der Waals surface area contributed by atoms with Gasteiger partial charge in [-0.3, -0.25) is 0 Å². The van der Waals surface area contributed by atoms with Gasteiger partial charge < -0.3 is 31.4 Å². The molecular formula is C26H28N6O3. The summed E-state index contributed by atoms with van der Waals surface area (Å²) in [4.78, 5) is 31.5. The SMILES string of the molecule is NCc1ccc2cc(C(=O)O)n(Cc3cc(NC(=O)N4CCCC4CN)cc4ccccc34)c2n1. The van der Waals surface area contributed by atoms with Gasteiger partial charge in [0, 0.05) is 36.7 Å². The Morgan fingerprint density at radius 1 is 1.09 bits per heavy atom. The highest BCUT2D eigenvalue weighted by atomic mass is 16.4. The first-order chi connectivity index (χ1) is 17.0. The maximum Gasteiger partial charge on any atom is 0.352 e. The van der Waals surface area contributed by atoms with Gasteiger partial charge in [-0.25, -0.2) is 14.6 Å². The lowest BCUT2D eigenvalue weighted by molar-refractivity contribution is 0.0686. The maximum atomic E-state index is 13.0. The van der Waals surface area contributed by atoms with E-state index in [4.69, 9.17) is 11.5 Å². The number of hydrogen-bond acceptors (Lipinski definition) is 5. The van der Waals surface area contributed by atoms with E-state index in [0.717, 1.165) is 34.6 Å². The number of fused-ring (bicyclic) bond motifs is 2. The Morgan fingerprint density at radius 2 is 1.91 bits per heavy atom. The van der Waals surface area contributed by atoms with Crippen molar-refractivity contribution in [2.24, 2.45) is 11.5 Å². The van der Waals surface area contributed by atoms with E-state index in [1.54, 1.807) is 21.6 Å². The van der Waals surface area contributed by atoms with Gasteiger partial charge in [0.15, 0.2) is 0 Å². The zero-order valence-electron chi connectivity index (χ0n) is 19.3. The predicted molar refractivity (Wildman–Crippen MR) is 135 cm³/mol. The molecule has 4 aromatic rings. The summed E-state index contributed by atoms with van der Waals surface area (Å²) < 4.78 is 1.69. The molecule has 1 atom stereocenters. The molecule has 1 aliphatic heterocycles. The lowest BCUT2D eigenvalue weighted by atomic mass is 10.0. The Labute approximate surface area is 202 Å². The largest absolute Gasteiger partial charge is 0.477 e. The molecular weight excluding hydrogens is 444 g/mol. The number of pyridine rings is 1. The van der Waals surface area contributed by atoms with E-state index in [2.05, 4.69) is 10.3 Å². The molecule has 0 aliphatic carbocycles. The van der Waals surface area contributed by atoms with Crippen molar-refractivity contribution in [1.29, 1.82) is 0 Å². The van der Waals surface area contributed by atoms with Crippen LogP contribution in [-0.2, 0) is 13.1 Å². The number of aromatic nitrogens is 2. The van der Waals surface area contributed by atoms with Crippen molar-refractivity contribution in [3.63, 3.8) is 0 Å². The van der Waals surface area contributed by atoms with Crippen LogP contribution in [0, 0.1) is 0 Å². The number of nitrogens with zero attached hydrogens (tertiary/aromatic N) is 3. The zero-order chi connectivity index (χ0) is 24.5. The molecule has 0 spiro atoms. The Morgan fingerprint density at radius 3 is 2.69 bits per heavy atom. The van der Waals surface area contributed by atoms with Crippen LogP contribution in [-0.4, -0.2) is 50.7 Å². The van der Waals surface area contributed by atoms with Crippen LogP contribution in [0.5, 0.6) is 0 Å². The van der Waals surface area contributed by atoms with E-state index in [1.165, 1.54) is 0 Å². The summed E-state index contributed by atoms with van der Waals surface area (Å²) >= 11 is 0. The van der Waals surface area contributed by atoms with Gasteiger partial charge in [-0.15, -0.1) is 0 Å². The van der Waals surface area contributed by atoms with Crippen molar-refractivity contribution in [1.82, 2.24) is 14.5 Å². The van der Waals surface area contributed by atoms with Crippen molar-refractivity contribution in [2.45, 2.75) is 32.0 Å². The number of anilines is 1. The number of carbonyl (C=O) groups excluding carboxylic acids is 1. The molecule has 2 amide bonds. The highest BCUT2D eigenvalue weighted by Gasteiger charge is 2.27. The minimum Gasteiger partial charge on any atom is -0.477 e. The second kappa shape index (κ2) is 9.36. The molecule has 2 aromatic carbocycles. The summed E-state index contributed by atoms with van der Waals surface area (Å²) in [6.45, 7) is 1.65. The molecule has 9 heteroatoms. The van der Waals surface area contributed by atoms with Crippen molar-refractivity contribution < 1.29 is 14.7 Å². The summed E-state index contributed by atoms with van der Waals surface area (Å²) in [5, 5.41) is 15.6. The quantitative estimate of drug-likeness (QED) is 0.339. The van der Waals surface area contributed by atoms with Crippen LogP contribution in [0.3, 0.4) is 0 Å². The average molecular weight is 473 g/mol. The van der Waals surface area contributed by atoms with Crippen molar-refractivity contribution in [2.75, 3.05) is 18.4 Å².